The summed E-state index contributed by atoms with van der Waals surface area (Å²) < 4.78 is 0. The van der Waals surface area contributed by atoms with E-state index in [1.807, 2.05) is 13.1 Å². The van der Waals surface area contributed by atoms with Gasteiger partial charge in [-0.1, -0.05) is 56.7 Å². The molecule has 0 radical (unpaired) electrons. The molecule has 2 rings (SSSR count). The molecule has 1 N–H and O–H groups in total. The summed E-state index contributed by atoms with van der Waals surface area (Å²) in [6, 6.07) is 12.7. The van der Waals surface area contributed by atoms with Crippen LogP contribution < -0.4 is 5.32 Å². The second kappa shape index (κ2) is 8.15. The number of nitrogens with zero attached hydrogens (tertiary/aromatic N) is 1. The zero-order chi connectivity index (χ0) is 18.6. The van der Waals surface area contributed by atoms with Crippen LogP contribution in [-0.4, -0.2) is 30.4 Å². The Morgan fingerprint density at radius 2 is 1.84 bits per heavy atom. The molecule has 0 spiro atoms. The Kier molecular flexibility index (Phi) is 6.42. The number of carbonyl (C=O) groups excluding carboxylic acids is 1. The lowest BCUT2D eigenvalue weighted by Crippen LogP contribution is -2.45. The third-order valence-corrected chi connectivity index (χ3v) is 5.79. The van der Waals surface area contributed by atoms with Crippen LogP contribution >= 0.6 is 11.3 Å². The van der Waals surface area contributed by atoms with Crippen molar-refractivity contribution < 1.29 is 4.79 Å². The molecule has 2 aromatic rings. The maximum absolute atomic E-state index is 12.7. The standard InChI is InChI=1S/C21H30N2OS/c1-15-9-11-17(12-10-15)20(18-8-7-13-25-18)22-19(24)14-23(6)16(2)21(3,4)5/h7-13,16,20H,14H2,1-6H3,(H,22,24). The van der Waals surface area contributed by atoms with Gasteiger partial charge in [0, 0.05) is 10.9 Å². The first-order valence-corrected chi connectivity index (χ1v) is 9.66. The van der Waals surface area contributed by atoms with Gasteiger partial charge in [-0.15, -0.1) is 11.3 Å². The fourth-order valence-corrected chi connectivity index (χ4v) is 3.57. The van der Waals surface area contributed by atoms with Gasteiger partial charge in [-0.05, 0) is 43.3 Å². The fourth-order valence-electron chi connectivity index (χ4n) is 2.76. The molecular formula is C21H30N2OS. The minimum Gasteiger partial charge on any atom is -0.343 e. The fraction of sp³-hybridized carbons (Fsp3) is 0.476. The molecule has 1 heterocycles. The van der Waals surface area contributed by atoms with Crippen LogP contribution in [-0.2, 0) is 4.79 Å². The summed E-state index contributed by atoms with van der Waals surface area (Å²) in [6.07, 6.45) is 0. The van der Waals surface area contributed by atoms with Gasteiger partial charge in [0.2, 0.25) is 5.91 Å². The summed E-state index contributed by atoms with van der Waals surface area (Å²) in [7, 11) is 2.02. The van der Waals surface area contributed by atoms with Gasteiger partial charge in [0.05, 0.1) is 12.6 Å². The molecule has 0 aliphatic rings. The van der Waals surface area contributed by atoms with Crippen molar-refractivity contribution >= 4 is 17.2 Å². The molecule has 0 aliphatic heterocycles. The predicted octanol–water partition coefficient (Wildman–Crippen LogP) is 4.63. The smallest absolute Gasteiger partial charge is 0.234 e. The lowest BCUT2D eigenvalue weighted by atomic mass is 9.87. The first-order valence-electron chi connectivity index (χ1n) is 8.78. The van der Waals surface area contributed by atoms with Crippen molar-refractivity contribution in [3.63, 3.8) is 0 Å². The van der Waals surface area contributed by atoms with Crippen molar-refractivity contribution in [3.05, 3.63) is 57.8 Å². The highest BCUT2D eigenvalue weighted by Crippen LogP contribution is 2.27. The summed E-state index contributed by atoms with van der Waals surface area (Å²) in [6.45, 7) is 11.2. The van der Waals surface area contributed by atoms with E-state index in [1.165, 1.54) is 5.56 Å². The van der Waals surface area contributed by atoms with Crippen LogP contribution in [0.25, 0.3) is 0 Å². The molecule has 1 aromatic heterocycles. The van der Waals surface area contributed by atoms with E-state index in [9.17, 15) is 4.79 Å². The second-order valence-electron chi connectivity index (χ2n) is 7.88. The van der Waals surface area contributed by atoms with Crippen molar-refractivity contribution in [2.45, 2.75) is 46.7 Å². The number of hydrogen-bond acceptors (Lipinski definition) is 3. The van der Waals surface area contributed by atoms with Gasteiger partial charge in [0.15, 0.2) is 0 Å². The Labute approximate surface area is 156 Å². The molecule has 0 saturated carbocycles. The molecule has 136 valence electrons. The van der Waals surface area contributed by atoms with Crippen LogP contribution in [0.5, 0.6) is 0 Å². The van der Waals surface area contributed by atoms with E-state index in [1.54, 1.807) is 11.3 Å². The number of nitrogens with one attached hydrogen (secondary N) is 1. The summed E-state index contributed by atoms with van der Waals surface area (Å²) in [4.78, 5) is 16.0. The summed E-state index contributed by atoms with van der Waals surface area (Å²) >= 11 is 1.67. The monoisotopic (exact) mass is 358 g/mol. The molecule has 1 amide bonds. The van der Waals surface area contributed by atoms with Gasteiger partial charge in [-0.3, -0.25) is 9.69 Å². The molecule has 0 aliphatic carbocycles. The lowest BCUT2D eigenvalue weighted by Gasteiger charge is -2.35. The molecule has 3 nitrogen and oxygen atoms in total. The number of aryl methyl sites for hydroxylation is 1. The van der Waals surface area contributed by atoms with Crippen LogP contribution in [0.15, 0.2) is 41.8 Å². The Morgan fingerprint density at radius 1 is 1.20 bits per heavy atom. The highest BCUT2D eigenvalue weighted by Gasteiger charge is 2.26. The lowest BCUT2D eigenvalue weighted by molar-refractivity contribution is -0.123. The van der Waals surface area contributed by atoms with Crippen molar-refractivity contribution in [2.75, 3.05) is 13.6 Å². The molecule has 0 fully saturated rings. The van der Waals surface area contributed by atoms with Crippen molar-refractivity contribution in [1.82, 2.24) is 10.2 Å². The highest BCUT2D eigenvalue weighted by atomic mass is 32.1. The third-order valence-electron chi connectivity index (χ3n) is 4.85. The highest BCUT2D eigenvalue weighted by molar-refractivity contribution is 7.10. The first-order chi connectivity index (χ1) is 11.7. The van der Waals surface area contributed by atoms with Gasteiger partial charge < -0.3 is 5.32 Å². The van der Waals surface area contributed by atoms with Crippen LogP contribution in [0.3, 0.4) is 0 Å². The zero-order valence-electron chi connectivity index (χ0n) is 16.2. The molecule has 0 bridgehead atoms. The number of rotatable bonds is 6. The second-order valence-corrected chi connectivity index (χ2v) is 8.86. The summed E-state index contributed by atoms with van der Waals surface area (Å²) in [5.74, 6) is 0.0533. The maximum atomic E-state index is 12.7. The molecule has 2 unspecified atom stereocenters. The largest absolute Gasteiger partial charge is 0.343 e. The van der Waals surface area contributed by atoms with Gasteiger partial charge in [-0.2, -0.15) is 0 Å². The van der Waals surface area contributed by atoms with Crippen molar-refractivity contribution in [1.29, 1.82) is 0 Å². The van der Waals surface area contributed by atoms with Crippen LogP contribution in [0.1, 0.15) is 49.7 Å². The van der Waals surface area contributed by atoms with Crippen molar-refractivity contribution in [2.24, 2.45) is 5.41 Å². The van der Waals surface area contributed by atoms with Crippen molar-refractivity contribution in [3.8, 4) is 0 Å². The van der Waals surface area contributed by atoms with E-state index in [-0.39, 0.29) is 17.4 Å². The maximum Gasteiger partial charge on any atom is 0.234 e. The van der Waals surface area contributed by atoms with E-state index in [2.05, 4.69) is 80.5 Å². The Morgan fingerprint density at radius 3 is 2.36 bits per heavy atom. The van der Waals surface area contributed by atoms with Crippen LogP contribution in [0.4, 0.5) is 0 Å². The molecule has 1 aromatic carbocycles. The molecule has 25 heavy (non-hydrogen) atoms. The molecule has 4 heteroatoms. The summed E-state index contributed by atoms with van der Waals surface area (Å²) in [5.41, 5.74) is 2.48. The van der Waals surface area contributed by atoms with Crippen LogP contribution in [0.2, 0.25) is 0 Å². The number of hydrogen-bond donors (Lipinski definition) is 1. The SMILES string of the molecule is Cc1ccc(C(NC(=O)CN(C)C(C)C(C)(C)C)c2cccs2)cc1. The van der Waals surface area contributed by atoms with E-state index in [0.717, 1.165) is 10.4 Å². The number of amides is 1. The van der Waals surface area contributed by atoms with E-state index in [0.29, 0.717) is 12.6 Å². The number of benzene rings is 1. The minimum atomic E-state index is -0.0913. The van der Waals surface area contributed by atoms with E-state index in [4.69, 9.17) is 0 Å². The zero-order valence-corrected chi connectivity index (χ0v) is 17.0. The average Bonchev–Trinajstić information content (AvgIpc) is 3.06. The molecular weight excluding hydrogens is 328 g/mol. The van der Waals surface area contributed by atoms with Gasteiger partial charge in [0.1, 0.15) is 0 Å². The summed E-state index contributed by atoms with van der Waals surface area (Å²) in [5, 5.41) is 5.27. The third kappa shape index (κ3) is 5.41. The van der Waals surface area contributed by atoms with E-state index < -0.39 is 0 Å². The Hall–Kier alpha value is -1.65. The normalized spacial score (nSPS) is 14.4. The number of thiophene rings is 1. The van der Waals surface area contributed by atoms with Gasteiger partial charge >= 0.3 is 0 Å². The minimum absolute atomic E-state index is 0.0533. The Balaban J connectivity index is 2.12. The van der Waals surface area contributed by atoms with Gasteiger partial charge in [0.25, 0.3) is 0 Å². The van der Waals surface area contributed by atoms with Crippen LogP contribution in [0, 0.1) is 12.3 Å². The van der Waals surface area contributed by atoms with E-state index >= 15 is 0 Å². The van der Waals surface area contributed by atoms with Gasteiger partial charge in [-0.25, -0.2) is 0 Å². The number of carbonyl (C=O) groups is 1. The average molecular weight is 359 g/mol. The topological polar surface area (TPSA) is 32.3 Å². The number of likely N-dealkylation sites (N-methyl/N-ethyl adjacent to an activating group) is 1. The Bertz CT molecular complexity index is 671. The molecule has 2 atom stereocenters. The quantitative estimate of drug-likeness (QED) is 0.816. The molecule has 0 saturated heterocycles. The predicted molar refractivity (Wildman–Crippen MR) is 107 cm³/mol. The first kappa shape index (κ1) is 19.7.